The molecule has 0 fully saturated rings. The molecule has 7 nitrogen and oxygen atoms in total. The van der Waals surface area contributed by atoms with Gasteiger partial charge in [0.1, 0.15) is 11.6 Å². The van der Waals surface area contributed by atoms with E-state index >= 15 is 0 Å². The van der Waals surface area contributed by atoms with Crippen molar-refractivity contribution >= 4 is 18.0 Å². The number of carboxylic acid groups (broad SMARTS) is 1. The fourth-order valence-corrected chi connectivity index (χ4v) is 2.82. The first-order chi connectivity index (χ1) is 14.1. The van der Waals surface area contributed by atoms with Gasteiger partial charge in [0, 0.05) is 6.42 Å². The molecule has 2 N–H and O–H groups in total. The topological polar surface area (TPSA) is 108 Å². The predicted molar refractivity (Wildman–Crippen MR) is 110 cm³/mol. The average Bonchev–Trinajstić information content (AvgIpc) is 2.67. The van der Waals surface area contributed by atoms with Crippen LogP contribution < -0.4 is 15.7 Å². The summed E-state index contributed by atoms with van der Waals surface area (Å²) >= 11 is 0. The van der Waals surface area contributed by atoms with E-state index < -0.39 is 35.7 Å². The maximum absolute atomic E-state index is 12.9. The molecule has 0 saturated heterocycles. The third-order valence-electron chi connectivity index (χ3n) is 4.17. The van der Waals surface area contributed by atoms with E-state index in [1.54, 1.807) is 45.0 Å². The van der Waals surface area contributed by atoms with E-state index in [1.807, 2.05) is 36.4 Å². The van der Waals surface area contributed by atoms with Gasteiger partial charge in [-0.15, -0.1) is 0 Å². The van der Waals surface area contributed by atoms with Crippen molar-refractivity contribution in [3.8, 4) is 0 Å². The van der Waals surface area contributed by atoms with Gasteiger partial charge < -0.3 is 25.3 Å². The highest BCUT2D eigenvalue weighted by atomic mass is 16.6. The summed E-state index contributed by atoms with van der Waals surface area (Å²) in [4.78, 5) is 36.7. The second-order valence-corrected chi connectivity index (χ2v) is 7.96. The van der Waals surface area contributed by atoms with Gasteiger partial charge in [0.15, 0.2) is 0 Å². The first-order valence-corrected chi connectivity index (χ1v) is 9.72. The molecule has 0 aliphatic carbocycles. The smallest absolute Gasteiger partial charge is 0.408 e. The number of nitrogens with one attached hydrogen (secondary N) is 2. The monoisotopic (exact) mass is 411 g/mol. The summed E-state index contributed by atoms with van der Waals surface area (Å²) in [7, 11) is 0. The van der Waals surface area contributed by atoms with E-state index in [-0.39, 0.29) is 12.8 Å². The number of amides is 2. The number of hydrogen-bond acceptors (Lipinski definition) is 5. The van der Waals surface area contributed by atoms with Gasteiger partial charge in [-0.05, 0) is 38.3 Å². The van der Waals surface area contributed by atoms with Crippen molar-refractivity contribution in [2.75, 3.05) is 0 Å². The Kier molecular flexibility index (Phi) is 7.98. The lowest BCUT2D eigenvalue weighted by Gasteiger charge is -2.26. The second-order valence-electron chi connectivity index (χ2n) is 7.96. The van der Waals surface area contributed by atoms with E-state index in [9.17, 15) is 19.5 Å². The van der Waals surface area contributed by atoms with Crippen LogP contribution in [0.15, 0.2) is 60.7 Å². The Morgan fingerprint density at radius 1 is 0.833 bits per heavy atom. The third kappa shape index (κ3) is 7.95. The van der Waals surface area contributed by atoms with Crippen LogP contribution >= 0.6 is 0 Å². The van der Waals surface area contributed by atoms with Crippen molar-refractivity contribution in [1.82, 2.24) is 10.6 Å². The number of hydrogen-bond donors (Lipinski definition) is 2. The maximum Gasteiger partial charge on any atom is 0.408 e. The summed E-state index contributed by atoms with van der Waals surface area (Å²) < 4.78 is 5.25. The van der Waals surface area contributed by atoms with E-state index in [1.165, 1.54) is 0 Å². The zero-order valence-electron chi connectivity index (χ0n) is 17.4. The van der Waals surface area contributed by atoms with Gasteiger partial charge in [-0.1, -0.05) is 60.7 Å². The minimum atomic E-state index is -1.40. The van der Waals surface area contributed by atoms with Crippen LogP contribution in [0.5, 0.6) is 0 Å². The normalized spacial score (nSPS) is 13.0. The minimum absolute atomic E-state index is 0.0689. The number of rotatable bonds is 8. The molecule has 2 rings (SSSR count). The average molecular weight is 411 g/mol. The van der Waals surface area contributed by atoms with Crippen LogP contribution in [-0.2, 0) is 27.2 Å². The van der Waals surface area contributed by atoms with Gasteiger partial charge in [0.05, 0.1) is 12.0 Å². The molecule has 2 amide bonds. The summed E-state index contributed by atoms with van der Waals surface area (Å²) in [6.45, 7) is 5.14. The zero-order valence-corrected chi connectivity index (χ0v) is 17.4. The highest BCUT2D eigenvalue weighted by molar-refractivity contribution is 5.89. The molecular formula is C23H27N2O5-. The van der Waals surface area contributed by atoms with Gasteiger partial charge in [0.2, 0.25) is 5.91 Å². The van der Waals surface area contributed by atoms with Crippen LogP contribution in [0.4, 0.5) is 4.79 Å². The van der Waals surface area contributed by atoms with Crippen LogP contribution in [0.2, 0.25) is 0 Å². The fraction of sp³-hybridized carbons (Fsp3) is 0.348. The number of carbonyl (C=O) groups excluding carboxylic acids is 3. The van der Waals surface area contributed by atoms with Crippen molar-refractivity contribution in [3.63, 3.8) is 0 Å². The quantitative estimate of drug-likeness (QED) is 0.686. The Bertz CT molecular complexity index is 847. The fourth-order valence-electron chi connectivity index (χ4n) is 2.82. The Morgan fingerprint density at radius 2 is 1.30 bits per heavy atom. The Morgan fingerprint density at radius 3 is 1.73 bits per heavy atom. The van der Waals surface area contributed by atoms with Crippen molar-refractivity contribution < 1.29 is 24.2 Å². The first kappa shape index (κ1) is 22.9. The Labute approximate surface area is 176 Å². The van der Waals surface area contributed by atoms with Crippen LogP contribution in [-0.4, -0.2) is 35.7 Å². The summed E-state index contributed by atoms with van der Waals surface area (Å²) in [6.07, 6.45) is -0.511. The number of carboxylic acids is 1. The van der Waals surface area contributed by atoms with Crippen LogP contribution in [0, 0.1) is 0 Å². The summed E-state index contributed by atoms with van der Waals surface area (Å²) in [6, 6.07) is 15.8. The third-order valence-corrected chi connectivity index (χ3v) is 4.17. The van der Waals surface area contributed by atoms with Crippen molar-refractivity contribution in [2.24, 2.45) is 0 Å². The summed E-state index contributed by atoms with van der Waals surface area (Å²) in [5.74, 6) is -2.03. The van der Waals surface area contributed by atoms with Gasteiger partial charge in [-0.2, -0.15) is 0 Å². The Hall–Kier alpha value is -3.35. The highest BCUT2D eigenvalue weighted by Gasteiger charge is 2.26. The SMILES string of the molecule is CC(C)(C)OC(=O)N[C@@H](Cc1ccccc1)C(=O)N[C@@H](Cc1ccccc1)C(=O)[O-]. The number of alkyl carbamates (subject to hydrolysis) is 1. The van der Waals surface area contributed by atoms with Crippen LogP contribution in [0.3, 0.4) is 0 Å². The first-order valence-electron chi connectivity index (χ1n) is 9.72. The van der Waals surface area contributed by atoms with Crippen molar-refractivity contribution in [3.05, 3.63) is 71.8 Å². The lowest BCUT2D eigenvalue weighted by Crippen LogP contribution is -2.56. The minimum Gasteiger partial charge on any atom is -0.548 e. The lowest BCUT2D eigenvalue weighted by atomic mass is 10.0. The second kappa shape index (κ2) is 10.4. The Balaban J connectivity index is 2.14. The standard InChI is InChI=1S/C23H28N2O5/c1-23(2,3)30-22(29)25-18(14-16-10-6-4-7-11-16)20(26)24-19(21(27)28)15-17-12-8-5-9-13-17/h4-13,18-19H,14-15H2,1-3H3,(H,24,26)(H,25,29)(H,27,28)/p-1/t18-,19-/m0/s1. The number of carbonyl (C=O) groups is 3. The number of aliphatic carboxylic acids is 1. The predicted octanol–water partition coefficient (Wildman–Crippen LogP) is 1.60. The van der Waals surface area contributed by atoms with Crippen molar-refractivity contribution in [2.45, 2.75) is 51.3 Å². The zero-order chi connectivity index (χ0) is 22.1. The maximum atomic E-state index is 12.9. The van der Waals surface area contributed by atoms with Gasteiger partial charge >= 0.3 is 6.09 Å². The van der Waals surface area contributed by atoms with Gasteiger partial charge in [-0.25, -0.2) is 4.79 Å². The van der Waals surface area contributed by atoms with E-state index in [0.717, 1.165) is 11.1 Å². The van der Waals surface area contributed by atoms with Crippen LogP contribution in [0.1, 0.15) is 31.9 Å². The largest absolute Gasteiger partial charge is 0.548 e. The number of benzene rings is 2. The molecule has 0 heterocycles. The molecule has 2 atom stereocenters. The molecule has 0 saturated carbocycles. The van der Waals surface area contributed by atoms with E-state index in [0.29, 0.717) is 0 Å². The summed E-state index contributed by atoms with van der Waals surface area (Å²) in [5.41, 5.74) is 0.812. The molecule has 0 radical (unpaired) electrons. The highest BCUT2D eigenvalue weighted by Crippen LogP contribution is 2.09. The molecular weight excluding hydrogens is 384 g/mol. The molecule has 2 aromatic rings. The van der Waals surface area contributed by atoms with Gasteiger partial charge in [-0.3, -0.25) is 4.79 Å². The molecule has 0 spiro atoms. The molecule has 7 heteroatoms. The molecule has 0 bridgehead atoms. The van der Waals surface area contributed by atoms with E-state index in [4.69, 9.17) is 4.74 Å². The van der Waals surface area contributed by atoms with Gasteiger partial charge in [0.25, 0.3) is 0 Å². The van der Waals surface area contributed by atoms with Crippen molar-refractivity contribution in [1.29, 1.82) is 0 Å². The van der Waals surface area contributed by atoms with E-state index in [2.05, 4.69) is 10.6 Å². The lowest BCUT2D eigenvalue weighted by molar-refractivity contribution is -0.308. The van der Waals surface area contributed by atoms with Crippen LogP contribution in [0.25, 0.3) is 0 Å². The molecule has 0 unspecified atom stereocenters. The molecule has 0 aromatic heterocycles. The summed E-state index contributed by atoms with van der Waals surface area (Å²) in [5, 5.41) is 16.6. The molecule has 0 aliphatic rings. The molecule has 160 valence electrons. The molecule has 30 heavy (non-hydrogen) atoms. The molecule has 2 aromatic carbocycles. The number of ether oxygens (including phenoxy) is 1. The molecule has 0 aliphatic heterocycles.